The standard InChI is InChI=1S/C23H37Cl3N4O5/c1-6-7-8-9-12-18(31)29(5)19(15(2)3)20(32)27-16(4)21(33)30-13-10-11-17(28-30)22(34)35-14-23(24,25)26/h6,15-17,19,28H,1,7-14H2,2-5H3,(H,27,32)/t16?,17-,19?/m0/s1. The number of amides is 3. The van der Waals surface area contributed by atoms with E-state index in [-0.39, 0.29) is 11.8 Å². The normalized spacial score (nSPS) is 17.9. The van der Waals surface area contributed by atoms with E-state index in [4.69, 9.17) is 39.5 Å². The number of nitrogens with zero attached hydrogens (tertiary/aromatic N) is 2. The van der Waals surface area contributed by atoms with Gasteiger partial charge in [0.1, 0.15) is 24.7 Å². The average molecular weight is 556 g/mol. The number of hydrogen-bond donors (Lipinski definition) is 2. The summed E-state index contributed by atoms with van der Waals surface area (Å²) in [6, 6.07) is -2.39. The van der Waals surface area contributed by atoms with Crippen molar-refractivity contribution in [1.82, 2.24) is 20.7 Å². The van der Waals surface area contributed by atoms with Crippen molar-refractivity contribution < 1.29 is 23.9 Å². The van der Waals surface area contributed by atoms with Crippen LogP contribution in [0.2, 0.25) is 0 Å². The molecule has 0 bridgehead atoms. The minimum Gasteiger partial charge on any atom is -0.460 e. The lowest BCUT2D eigenvalue weighted by Crippen LogP contribution is -2.61. The lowest BCUT2D eigenvalue weighted by atomic mass is 10.0. The fourth-order valence-electron chi connectivity index (χ4n) is 3.79. The van der Waals surface area contributed by atoms with Gasteiger partial charge in [-0.3, -0.25) is 24.2 Å². The monoisotopic (exact) mass is 554 g/mol. The third-order valence-corrected chi connectivity index (χ3v) is 5.93. The lowest BCUT2D eigenvalue weighted by Gasteiger charge is -2.35. The number of rotatable bonds is 12. The zero-order valence-corrected chi connectivity index (χ0v) is 23.1. The lowest BCUT2D eigenvalue weighted by molar-refractivity contribution is -0.153. The first-order valence-electron chi connectivity index (χ1n) is 11.8. The van der Waals surface area contributed by atoms with Gasteiger partial charge in [-0.15, -0.1) is 6.58 Å². The molecule has 0 radical (unpaired) electrons. The van der Waals surface area contributed by atoms with Gasteiger partial charge in [-0.2, -0.15) is 0 Å². The van der Waals surface area contributed by atoms with E-state index in [9.17, 15) is 19.2 Å². The first-order valence-corrected chi connectivity index (χ1v) is 12.9. The molecule has 3 atom stereocenters. The summed E-state index contributed by atoms with van der Waals surface area (Å²) in [5, 5.41) is 4.00. The maximum absolute atomic E-state index is 13.0. The maximum Gasteiger partial charge on any atom is 0.325 e. The molecule has 0 spiro atoms. The third-order valence-electron chi connectivity index (χ3n) is 5.60. The Balaban J connectivity index is 2.71. The van der Waals surface area contributed by atoms with Crippen molar-refractivity contribution in [1.29, 1.82) is 0 Å². The van der Waals surface area contributed by atoms with Crippen LogP contribution in [0.5, 0.6) is 0 Å². The Hall–Kier alpha value is -1.55. The van der Waals surface area contributed by atoms with Crippen LogP contribution in [0.15, 0.2) is 12.7 Å². The minimum absolute atomic E-state index is 0.129. The molecule has 1 rings (SSSR count). The molecule has 0 saturated carbocycles. The smallest absolute Gasteiger partial charge is 0.325 e. The number of halogens is 3. The molecular formula is C23H37Cl3N4O5. The van der Waals surface area contributed by atoms with E-state index in [1.165, 1.54) is 9.91 Å². The average Bonchev–Trinajstić information content (AvgIpc) is 2.78. The van der Waals surface area contributed by atoms with Gasteiger partial charge in [-0.25, -0.2) is 5.43 Å². The van der Waals surface area contributed by atoms with Gasteiger partial charge in [0.05, 0.1) is 0 Å². The van der Waals surface area contributed by atoms with Gasteiger partial charge in [0.15, 0.2) is 0 Å². The molecule has 1 saturated heterocycles. The molecule has 0 aromatic rings. The highest BCUT2D eigenvalue weighted by Crippen LogP contribution is 2.26. The van der Waals surface area contributed by atoms with Crippen molar-refractivity contribution in [3.63, 3.8) is 0 Å². The zero-order valence-electron chi connectivity index (χ0n) is 20.8. The van der Waals surface area contributed by atoms with Crippen LogP contribution in [0.25, 0.3) is 0 Å². The highest BCUT2D eigenvalue weighted by Gasteiger charge is 2.35. The highest BCUT2D eigenvalue weighted by atomic mass is 35.6. The van der Waals surface area contributed by atoms with E-state index in [0.29, 0.717) is 32.2 Å². The molecule has 0 aromatic carbocycles. The van der Waals surface area contributed by atoms with Gasteiger partial charge in [-0.05, 0) is 44.9 Å². The summed E-state index contributed by atoms with van der Waals surface area (Å²) < 4.78 is 3.27. The Kier molecular flexibility index (Phi) is 13.4. The van der Waals surface area contributed by atoms with Crippen LogP contribution < -0.4 is 10.7 Å². The molecule has 200 valence electrons. The fourth-order valence-corrected chi connectivity index (χ4v) is 3.95. The van der Waals surface area contributed by atoms with Gasteiger partial charge in [0, 0.05) is 20.0 Å². The van der Waals surface area contributed by atoms with Crippen LogP contribution in [0.1, 0.15) is 59.3 Å². The predicted octanol–water partition coefficient (Wildman–Crippen LogP) is 3.13. The largest absolute Gasteiger partial charge is 0.460 e. The van der Waals surface area contributed by atoms with Crippen molar-refractivity contribution in [2.75, 3.05) is 20.2 Å². The summed E-state index contributed by atoms with van der Waals surface area (Å²) in [7, 11) is 1.60. The van der Waals surface area contributed by atoms with Gasteiger partial charge >= 0.3 is 5.97 Å². The zero-order chi connectivity index (χ0) is 26.8. The molecule has 3 amide bonds. The van der Waals surface area contributed by atoms with Crippen LogP contribution in [-0.2, 0) is 23.9 Å². The second-order valence-corrected chi connectivity index (χ2v) is 11.5. The van der Waals surface area contributed by atoms with Gasteiger partial charge in [0.2, 0.25) is 15.6 Å². The van der Waals surface area contributed by atoms with Crippen LogP contribution in [-0.4, -0.2) is 75.7 Å². The number of carbonyl (C=O) groups is 4. The van der Waals surface area contributed by atoms with Gasteiger partial charge in [-0.1, -0.05) is 54.7 Å². The second kappa shape index (κ2) is 14.9. The number of likely N-dealkylation sites (N-methyl/N-ethyl adjacent to an activating group) is 1. The predicted molar refractivity (Wildman–Crippen MR) is 137 cm³/mol. The molecule has 1 aliphatic rings. The number of unbranched alkanes of at least 4 members (excludes halogenated alkanes) is 2. The van der Waals surface area contributed by atoms with Crippen LogP contribution in [0.3, 0.4) is 0 Å². The summed E-state index contributed by atoms with van der Waals surface area (Å²) in [4.78, 5) is 52.3. The number of esters is 1. The quantitative estimate of drug-likeness (QED) is 0.166. The van der Waals surface area contributed by atoms with Crippen LogP contribution in [0, 0.1) is 5.92 Å². The highest BCUT2D eigenvalue weighted by molar-refractivity contribution is 6.67. The molecule has 9 nitrogen and oxygen atoms in total. The van der Waals surface area contributed by atoms with E-state index in [0.717, 1.165) is 12.8 Å². The van der Waals surface area contributed by atoms with E-state index in [1.807, 2.05) is 19.9 Å². The summed E-state index contributed by atoms with van der Waals surface area (Å²) >= 11 is 16.8. The minimum atomic E-state index is -1.73. The number of hydrazine groups is 1. The summed E-state index contributed by atoms with van der Waals surface area (Å²) in [5.74, 6) is -1.77. The van der Waals surface area contributed by atoms with Crippen molar-refractivity contribution in [2.45, 2.75) is 81.2 Å². The molecule has 0 aliphatic carbocycles. The number of ether oxygens (including phenoxy) is 1. The van der Waals surface area contributed by atoms with E-state index < -0.39 is 46.3 Å². The van der Waals surface area contributed by atoms with Crippen LogP contribution >= 0.6 is 34.8 Å². The van der Waals surface area contributed by atoms with Crippen molar-refractivity contribution >= 4 is 58.5 Å². The van der Waals surface area contributed by atoms with Gasteiger partial charge in [0.25, 0.3) is 5.91 Å². The molecule has 1 aliphatic heterocycles. The molecule has 12 heteroatoms. The molecule has 0 aromatic heterocycles. The van der Waals surface area contributed by atoms with Crippen molar-refractivity contribution in [3.05, 3.63) is 12.7 Å². The first kappa shape index (κ1) is 31.5. The number of hydrogen-bond acceptors (Lipinski definition) is 6. The topological polar surface area (TPSA) is 108 Å². The number of allylic oxidation sites excluding steroid dienone is 1. The first-order chi connectivity index (χ1) is 16.3. The number of alkyl halides is 3. The number of nitrogens with one attached hydrogen (secondary N) is 2. The third kappa shape index (κ3) is 10.9. The molecule has 1 heterocycles. The molecule has 2 unspecified atom stereocenters. The summed E-state index contributed by atoms with van der Waals surface area (Å²) in [5.41, 5.74) is 2.83. The Morgan fingerprint density at radius 3 is 2.46 bits per heavy atom. The Labute approximate surface area is 222 Å². The Morgan fingerprint density at radius 2 is 1.89 bits per heavy atom. The molecule has 35 heavy (non-hydrogen) atoms. The second-order valence-electron chi connectivity index (χ2n) is 8.99. The Bertz CT molecular complexity index is 760. The van der Waals surface area contributed by atoms with Crippen molar-refractivity contribution in [3.8, 4) is 0 Å². The molecular weight excluding hydrogens is 519 g/mol. The van der Waals surface area contributed by atoms with E-state index >= 15 is 0 Å². The SMILES string of the molecule is C=CCCCCC(=O)N(C)C(C(=O)NC(C)C(=O)N1CCC[C@@H](C(=O)OCC(Cl)(Cl)Cl)N1)C(C)C. The number of carbonyl (C=O) groups excluding carboxylic acids is 4. The fraction of sp³-hybridized carbons (Fsp3) is 0.739. The summed E-state index contributed by atoms with van der Waals surface area (Å²) in [6.45, 7) is 8.86. The molecule has 2 N–H and O–H groups in total. The Morgan fingerprint density at radius 1 is 1.23 bits per heavy atom. The summed E-state index contributed by atoms with van der Waals surface area (Å²) in [6.07, 6.45) is 5.53. The van der Waals surface area contributed by atoms with Crippen LogP contribution in [0.4, 0.5) is 0 Å². The maximum atomic E-state index is 13.0. The van der Waals surface area contributed by atoms with Gasteiger partial charge < -0.3 is 15.0 Å². The van der Waals surface area contributed by atoms with Crippen molar-refractivity contribution in [2.24, 2.45) is 5.92 Å². The molecule has 1 fully saturated rings. The van der Waals surface area contributed by atoms with E-state index in [1.54, 1.807) is 14.0 Å². The van der Waals surface area contributed by atoms with E-state index in [2.05, 4.69) is 17.3 Å².